The van der Waals surface area contributed by atoms with Crippen molar-refractivity contribution in [3.05, 3.63) is 71.9 Å². The van der Waals surface area contributed by atoms with Crippen molar-refractivity contribution in [2.24, 2.45) is 0 Å². The van der Waals surface area contributed by atoms with Crippen LogP contribution in [0.1, 0.15) is 26.2 Å². The van der Waals surface area contributed by atoms with E-state index in [4.69, 9.17) is 16.3 Å². The zero-order chi connectivity index (χ0) is 20.1. The summed E-state index contributed by atoms with van der Waals surface area (Å²) >= 11 is 5.97. The van der Waals surface area contributed by atoms with Gasteiger partial charge in [0.05, 0.1) is 5.69 Å². The Balaban J connectivity index is 1.37. The van der Waals surface area contributed by atoms with Gasteiger partial charge < -0.3 is 4.74 Å². The van der Waals surface area contributed by atoms with Crippen LogP contribution >= 0.6 is 11.6 Å². The molecule has 1 atom stereocenters. The van der Waals surface area contributed by atoms with Crippen LogP contribution in [0.2, 0.25) is 5.02 Å². The van der Waals surface area contributed by atoms with E-state index in [-0.39, 0.29) is 6.10 Å². The van der Waals surface area contributed by atoms with Crippen molar-refractivity contribution < 1.29 is 4.74 Å². The highest BCUT2D eigenvalue weighted by Crippen LogP contribution is 2.25. The largest absolute Gasteiger partial charge is 0.489 e. The number of rotatable bonds is 6. The van der Waals surface area contributed by atoms with E-state index >= 15 is 0 Å². The van der Waals surface area contributed by atoms with E-state index in [1.807, 2.05) is 42.6 Å². The van der Waals surface area contributed by atoms with E-state index in [0.717, 1.165) is 39.7 Å². The number of piperidine rings is 1. The van der Waals surface area contributed by atoms with E-state index in [1.54, 1.807) is 0 Å². The molecule has 0 amide bonds. The van der Waals surface area contributed by atoms with Gasteiger partial charge in [0, 0.05) is 28.9 Å². The van der Waals surface area contributed by atoms with Gasteiger partial charge in [0.1, 0.15) is 11.9 Å². The maximum Gasteiger partial charge on any atom is 0.119 e. The van der Waals surface area contributed by atoms with Crippen LogP contribution in [-0.2, 0) is 0 Å². The topological polar surface area (TPSA) is 25.4 Å². The Morgan fingerprint density at radius 3 is 2.17 bits per heavy atom. The van der Waals surface area contributed by atoms with E-state index in [9.17, 15) is 0 Å². The summed E-state index contributed by atoms with van der Waals surface area (Å²) in [6, 6.07) is 20.2. The number of nitrogens with zero attached hydrogens (tertiary/aromatic N) is 2. The summed E-state index contributed by atoms with van der Waals surface area (Å²) in [5.74, 6) is 0.913. The van der Waals surface area contributed by atoms with Crippen molar-refractivity contribution in [2.45, 2.75) is 32.3 Å². The molecule has 0 spiro atoms. The summed E-state index contributed by atoms with van der Waals surface area (Å²) in [7, 11) is 0. The maximum absolute atomic E-state index is 6.12. The lowest BCUT2D eigenvalue weighted by Gasteiger charge is -2.29. The Labute approximate surface area is 178 Å². The van der Waals surface area contributed by atoms with Crippen LogP contribution in [0.5, 0.6) is 5.75 Å². The highest BCUT2D eigenvalue weighted by molar-refractivity contribution is 6.30. The second-order valence-electron chi connectivity index (χ2n) is 7.75. The van der Waals surface area contributed by atoms with Crippen LogP contribution in [0, 0.1) is 0 Å². The number of likely N-dealkylation sites (tertiary alicyclic amines) is 1. The Bertz CT molecular complexity index is 901. The van der Waals surface area contributed by atoms with Gasteiger partial charge in [-0.2, -0.15) is 0 Å². The fraction of sp³-hybridized carbons (Fsp3) is 0.320. The fourth-order valence-electron chi connectivity index (χ4n) is 3.86. The molecule has 150 valence electrons. The molecule has 1 aliphatic heterocycles. The molecule has 1 aliphatic rings. The van der Waals surface area contributed by atoms with Crippen LogP contribution < -0.4 is 4.74 Å². The molecular weight excluding hydrogens is 380 g/mol. The molecule has 2 heterocycles. The zero-order valence-corrected chi connectivity index (χ0v) is 17.6. The van der Waals surface area contributed by atoms with Gasteiger partial charge in [-0.1, -0.05) is 36.2 Å². The predicted molar refractivity (Wildman–Crippen MR) is 121 cm³/mol. The standard InChI is InChI=1S/C25H27ClN2O/c1-19(18-28-15-3-2-4-16-28)29-24-12-7-21(8-13-24)25-14-9-22(17-27-25)20-5-10-23(26)11-6-20/h5-14,17,19H,2-4,15-16,18H2,1H3. The molecule has 1 fully saturated rings. The van der Waals surface area contributed by atoms with E-state index in [0.29, 0.717) is 0 Å². The van der Waals surface area contributed by atoms with Crippen LogP contribution in [0.25, 0.3) is 22.4 Å². The van der Waals surface area contributed by atoms with Gasteiger partial charge in [-0.3, -0.25) is 9.88 Å². The SMILES string of the molecule is CC(CN1CCCCC1)Oc1ccc(-c2ccc(-c3ccc(Cl)cc3)cn2)cc1. The van der Waals surface area contributed by atoms with Crippen molar-refractivity contribution >= 4 is 11.6 Å². The number of halogens is 1. The van der Waals surface area contributed by atoms with Gasteiger partial charge in [0.2, 0.25) is 0 Å². The van der Waals surface area contributed by atoms with Crippen LogP contribution in [0.4, 0.5) is 0 Å². The normalized spacial score (nSPS) is 15.8. The lowest BCUT2D eigenvalue weighted by Crippen LogP contribution is -2.37. The van der Waals surface area contributed by atoms with Gasteiger partial charge in [-0.25, -0.2) is 0 Å². The number of hydrogen-bond acceptors (Lipinski definition) is 3. The van der Waals surface area contributed by atoms with E-state index in [1.165, 1.54) is 32.4 Å². The molecule has 1 aromatic heterocycles. The highest BCUT2D eigenvalue weighted by Gasteiger charge is 2.14. The number of aromatic nitrogens is 1. The molecule has 1 unspecified atom stereocenters. The summed E-state index contributed by atoms with van der Waals surface area (Å²) in [5, 5.41) is 0.742. The minimum atomic E-state index is 0.190. The Morgan fingerprint density at radius 2 is 1.52 bits per heavy atom. The zero-order valence-electron chi connectivity index (χ0n) is 16.9. The van der Waals surface area contributed by atoms with Crippen molar-refractivity contribution in [3.8, 4) is 28.1 Å². The molecular formula is C25H27ClN2O. The highest BCUT2D eigenvalue weighted by atomic mass is 35.5. The molecule has 3 aromatic rings. The third kappa shape index (κ3) is 5.37. The number of hydrogen-bond donors (Lipinski definition) is 0. The maximum atomic E-state index is 6.12. The molecule has 2 aromatic carbocycles. The second-order valence-corrected chi connectivity index (χ2v) is 8.19. The third-order valence-electron chi connectivity index (χ3n) is 5.39. The monoisotopic (exact) mass is 406 g/mol. The smallest absolute Gasteiger partial charge is 0.119 e. The molecule has 0 radical (unpaired) electrons. The number of pyridine rings is 1. The molecule has 0 bridgehead atoms. The Morgan fingerprint density at radius 1 is 0.862 bits per heavy atom. The van der Waals surface area contributed by atoms with Crippen molar-refractivity contribution in [2.75, 3.05) is 19.6 Å². The van der Waals surface area contributed by atoms with Gasteiger partial charge in [-0.15, -0.1) is 0 Å². The summed E-state index contributed by atoms with van der Waals surface area (Å²) in [5.41, 5.74) is 4.23. The summed E-state index contributed by atoms with van der Waals surface area (Å²) in [6.07, 6.45) is 6.08. The average molecular weight is 407 g/mol. The molecule has 0 aliphatic carbocycles. The first kappa shape index (κ1) is 19.9. The molecule has 0 saturated carbocycles. The van der Waals surface area contributed by atoms with Crippen LogP contribution in [0.15, 0.2) is 66.9 Å². The number of benzene rings is 2. The van der Waals surface area contributed by atoms with Gasteiger partial charge in [0.25, 0.3) is 0 Å². The average Bonchev–Trinajstić information content (AvgIpc) is 2.76. The fourth-order valence-corrected chi connectivity index (χ4v) is 3.98. The first-order valence-electron chi connectivity index (χ1n) is 10.4. The first-order chi connectivity index (χ1) is 14.2. The number of ether oxygens (including phenoxy) is 1. The van der Waals surface area contributed by atoms with Crippen molar-refractivity contribution in [1.82, 2.24) is 9.88 Å². The third-order valence-corrected chi connectivity index (χ3v) is 5.64. The molecule has 0 N–H and O–H groups in total. The second kappa shape index (κ2) is 9.43. The Hall–Kier alpha value is -2.36. The molecule has 3 nitrogen and oxygen atoms in total. The lowest BCUT2D eigenvalue weighted by atomic mass is 10.1. The summed E-state index contributed by atoms with van der Waals surface area (Å²) in [4.78, 5) is 7.14. The molecule has 4 rings (SSSR count). The van der Waals surface area contributed by atoms with Crippen LogP contribution in [0.3, 0.4) is 0 Å². The first-order valence-corrected chi connectivity index (χ1v) is 10.8. The predicted octanol–water partition coefficient (Wildman–Crippen LogP) is 6.32. The molecule has 29 heavy (non-hydrogen) atoms. The van der Waals surface area contributed by atoms with Gasteiger partial charge >= 0.3 is 0 Å². The quantitative estimate of drug-likeness (QED) is 0.478. The summed E-state index contributed by atoms with van der Waals surface area (Å²) < 4.78 is 6.12. The lowest BCUT2D eigenvalue weighted by molar-refractivity contribution is 0.130. The van der Waals surface area contributed by atoms with Crippen molar-refractivity contribution in [3.63, 3.8) is 0 Å². The molecule has 1 saturated heterocycles. The van der Waals surface area contributed by atoms with Crippen LogP contribution in [-0.4, -0.2) is 35.6 Å². The van der Waals surface area contributed by atoms with Gasteiger partial charge in [-0.05, 0) is 80.9 Å². The van der Waals surface area contributed by atoms with E-state index in [2.05, 4.69) is 41.1 Å². The minimum absolute atomic E-state index is 0.190. The van der Waals surface area contributed by atoms with E-state index < -0.39 is 0 Å². The molecule has 4 heteroatoms. The minimum Gasteiger partial charge on any atom is -0.489 e. The summed E-state index contributed by atoms with van der Waals surface area (Å²) in [6.45, 7) is 5.55. The van der Waals surface area contributed by atoms with Crippen molar-refractivity contribution in [1.29, 1.82) is 0 Å². The van der Waals surface area contributed by atoms with Gasteiger partial charge in [0.15, 0.2) is 0 Å². The Kier molecular flexibility index (Phi) is 6.48.